The minimum absolute atomic E-state index is 0.00365. The van der Waals surface area contributed by atoms with E-state index in [-0.39, 0.29) is 23.1 Å². The Hall–Kier alpha value is -2.48. The molecule has 0 saturated heterocycles. The van der Waals surface area contributed by atoms with Crippen LogP contribution in [0.4, 0.5) is 0 Å². The standard InChI is InChI=1S/C26H31NO/c1-25(2,3)27(26(4,5)6)21-17-16-19(18-12-8-7-9-13-18)23-20-14-10-11-15-22(20)28-24(21)23/h7-17,23-24H,1-6H3. The summed E-state index contributed by atoms with van der Waals surface area (Å²) in [5.74, 6) is 1.22. The topological polar surface area (TPSA) is 12.5 Å². The Balaban J connectivity index is 1.89. The first-order valence-electron chi connectivity index (χ1n) is 10.2. The molecule has 2 aliphatic rings. The number of benzene rings is 2. The zero-order chi connectivity index (χ0) is 20.1. The fourth-order valence-corrected chi connectivity index (χ4v) is 5.04. The predicted molar refractivity (Wildman–Crippen MR) is 117 cm³/mol. The molecule has 0 amide bonds. The normalized spacial score (nSPS) is 21.2. The molecule has 2 heteroatoms. The molecule has 146 valence electrons. The second-order valence-electron chi connectivity index (χ2n) is 9.81. The molecular formula is C26H31NO. The highest BCUT2D eigenvalue weighted by molar-refractivity contribution is 5.78. The third kappa shape index (κ3) is 3.15. The number of hydrogen-bond acceptors (Lipinski definition) is 2. The van der Waals surface area contributed by atoms with Crippen LogP contribution in [0.3, 0.4) is 0 Å². The quantitative estimate of drug-likeness (QED) is 0.603. The number of allylic oxidation sites excluding steroid dienone is 2. The van der Waals surface area contributed by atoms with Crippen molar-refractivity contribution in [2.24, 2.45) is 0 Å². The maximum Gasteiger partial charge on any atom is 0.149 e. The molecule has 0 aromatic heterocycles. The van der Waals surface area contributed by atoms with Crippen LogP contribution in [0.2, 0.25) is 0 Å². The molecule has 28 heavy (non-hydrogen) atoms. The number of ether oxygens (including phenoxy) is 1. The highest BCUT2D eigenvalue weighted by atomic mass is 16.5. The molecule has 2 aromatic rings. The Bertz CT molecular complexity index is 911. The first-order chi connectivity index (χ1) is 13.2. The number of fused-ring (bicyclic) bond motifs is 3. The van der Waals surface area contributed by atoms with E-state index in [9.17, 15) is 0 Å². The van der Waals surface area contributed by atoms with Crippen molar-refractivity contribution in [2.75, 3.05) is 0 Å². The molecule has 0 fully saturated rings. The van der Waals surface area contributed by atoms with Crippen LogP contribution in [-0.4, -0.2) is 22.1 Å². The second kappa shape index (κ2) is 6.55. The van der Waals surface area contributed by atoms with Gasteiger partial charge in [-0.25, -0.2) is 0 Å². The third-order valence-corrected chi connectivity index (χ3v) is 5.58. The van der Waals surface area contributed by atoms with Gasteiger partial charge in [0.1, 0.15) is 11.9 Å². The van der Waals surface area contributed by atoms with Crippen LogP contribution in [0.1, 0.15) is 58.6 Å². The minimum atomic E-state index is -0.00907. The van der Waals surface area contributed by atoms with E-state index in [1.807, 2.05) is 0 Å². The molecule has 2 unspecified atom stereocenters. The van der Waals surface area contributed by atoms with E-state index < -0.39 is 0 Å². The van der Waals surface area contributed by atoms with E-state index >= 15 is 0 Å². The van der Waals surface area contributed by atoms with Gasteiger partial charge in [0.25, 0.3) is 0 Å². The zero-order valence-electron chi connectivity index (χ0n) is 17.9. The molecule has 0 N–H and O–H groups in total. The van der Waals surface area contributed by atoms with Crippen molar-refractivity contribution >= 4 is 5.57 Å². The average molecular weight is 374 g/mol. The lowest BCUT2D eigenvalue weighted by molar-refractivity contribution is 0.0486. The van der Waals surface area contributed by atoms with Crippen molar-refractivity contribution < 1.29 is 4.74 Å². The largest absolute Gasteiger partial charge is 0.483 e. The van der Waals surface area contributed by atoms with Gasteiger partial charge in [-0.2, -0.15) is 0 Å². The second-order valence-corrected chi connectivity index (χ2v) is 9.81. The Morgan fingerprint density at radius 2 is 1.36 bits per heavy atom. The van der Waals surface area contributed by atoms with E-state index in [2.05, 4.69) is 113 Å². The van der Waals surface area contributed by atoms with Gasteiger partial charge < -0.3 is 9.64 Å². The van der Waals surface area contributed by atoms with Gasteiger partial charge in [0, 0.05) is 16.6 Å². The molecule has 1 aliphatic heterocycles. The van der Waals surface area contributed by atoms with Gasteiger partial charge in [-0.1, -0.05) is 54.6 Å². The highest BCUT2D eigenvalue weighted by Gasteiger charge is 2.46. The first-order valence-corrected chi connectivity index (χ1v) is 10.2. The minimum Gasteiger partial charge on any atom is -0.483 e. The van der Waals surface area contributed by atoms with Crippen molar-refractivity contribution in [1.29, 1.82) is 0 Å². The maximum absolute atomic E-state index is 6.60. The zero-order valence-corrected chi connectivity index (χ0v) is 17.9. The summed E-state index contributed by atoms with van der Waals surface area (Å²) in [7, 11) is 0. The fraction of sp³-hybridized carbons (Fsp3) is 0.385. The molecule has 0 saturated carbocycles. The summed E-state index contributed by atoms with van der Waals surface area (Å²) < 4.78 is 6.60. The van der Waals surface area contributed by atoms with Gasteiger partial charge in [-0.3, -0.25) is 0 Å². The van der Waals surface area contributed by atoms with Gasteiger partial charge >= 0.3 is 0 Å². The summed E-state index contributed by atoms with van der Waals surface area (Å²) in [5, 5.41) is 0. The summed E-state index contributed by atoms with van der Waals surface area (Å²) in [5.41, 5.74) is 5.14. The van der Waals surface area contributed by atoms with Gasteiger partial charge in [0.05, 0.1) is 11.6 Å². The van der Waals surface area contributed by atoms with E-state index in [0.29, 0.717) is 0 Å². The molecule has 2 nitrogen and oxygen atoms in total. The fourth-order valence-electron chi connectivity index (χ4n) is 5.04. The van der Waals surface area contributed by atoms with Crippen LogP contribution >= 0.6 is 0 Å². The van der Waals surface area contributed by atoms with Crippen molar-refractivity contribution in [3.05, 3.63) is 83.6 Å². The van der Waals surface area contributed by atoms with Gasteiger partial charge in [-0.15, -0.1) is 0 Å². The number of nitrogens with zero attached hydrogens (tertiary/aromatic N) is 1. The summed E-state index contributed by atoms with van der Waals surface area (Å²) in [6.45, 7) is 13.7. The van der Waals surface area contributed by atoms with Crippen LogP contribution in [0.15, 0.2) is 72.4 Å². The lowest BCUT2D eigenvalue weighted by Crippen LogP contribution is -2.55. The van der Waals surface area contributed by atoms with Crippen LogP contribution in [-0.2, 0) is 0 Å². The summed E-state index contributed by atoms with van der Waals surface area (Å²) in [6.07, 6.45) is 4.59. The first kappa shape index (κ1) is 18.9. The Labute approximate surface area is 169 Å². The molecule has 0 spiro atoms. The molecule has 0 bridgehead atoms. The molecular weight excluding hydrogens is 342 g/mol. The number of para-hydroxylation sites is 1. The molecule has 2 aromatic carbocycles. The molecule has 0 radical (unpaired) electrons. The maximum atomic E-state index is 6.60. The molecule has 4 rings (SSSR count). The average Bonchev–Trinajstić information content (AvgIpc) is 3.00. The highest BCUT2D eigenvalue weighted by Crippen LogP contribution is 2.51. The Kier molecular flexibility index (Phi) is 4.41. The third-order valence-electron chi connectivity index (χ3n) is 5.58. The van der Waals surface area contributed by atoms with E-state index in [1.165, 1.54) is 22.4 Å². The molecule has 1 heterocycles. The van der Waals surface area contributed by atoms with Gasteiger partial charge in [0.15, 0.2) is 0 Å². The van der Waals surface area contributed by atoms with Crippen molar-refractivity contribution in [2.45, 2.75) is 64.6 Å². The predicted octanol–water partition coefficient (Wildman–Crippen LogP) is 6.41. The summed E-state index contributed by atoms with van der Waals surface area (Å²) >= 11 is 0. The van der Waals surface area contributed by atoms with E-state index in [0.717, 1.165) is 5.75 Å². The Morgan fingerprint density at radius 1 is 0.750 bits per heavy atom. The van der Waals surface area contributed by atoms with Crippen LogP contribution in [0, 0.1) is 0 Å². The molecule has 2 atom stereocenters. The van der Waals surface area contributed by atoms with Gasteiger partial charge in [-0.05, 0) is 64.8 Å². The number of hydrogen-bond donors (Lipinski definition) is 0. The lowest BCUT2D eigenvalue weighted by atomic mass is 9.78. The molecule has 1 aliphatic carbocycles. The smallest absolute Gasteiger partial charge is 0.149 e. The number of rotatable bonds is 2. The van der Waals surface area contributed by atoms with Gasteiger partial charge in [0.2, 0.25) is 0 Å². The van der Waals surface area contributed by atoms with Crippen molar-refractivity contribution in [3.8, 4) is 5.75 Å². The van der Waals surface area contributed by atoms with E-state index in [4.69, 9.17) is 4.74 Å². The van der Waals surface area contributed by atoms with Crippen LogP contribution < -0.4 is 4.74 Å². The monoisotopic (exact) mass is 373 g/mol. The summed E-state index contributed by atoms with van der Waals surface area (Å²) in [4.78, 5) is 2.53. The van der Waals surface area contributed by atoms with Crippen molar-refractivity contribution in [3.63, 3.8) is 0 Å². The van der Waals surface area contributed by atoms with Crippen LogP contribution in [0.25, 0.3) is 5.57 Å². The lowest BCUT2D eigenvalue weighted by Gasteiger charge is -2.51. The van der Waals surface area contributed by atoms with E-state index in [1.54, 1.807) is 0 Å². The Morgan fingerprint density at radius 3 is 2.00 bits per heavy atom. The SMILES string of the molecule is CC(C)(C)N(C1=CC=C(c2ccccc2)C2c3ccccc3OC12)C(C)(C)C. The van der Waals surface area contributed by atoms with Crippen LogP contribution in [0.5, 0.6) is 5.75 Å². The van der Waals surface area contributed by atoms with Crippen molar-refractivity contribution in [1.82, 2.24) is 4.90 Å². The summed E-state index contributed by atoms with van der Waals surface area (Å²) in [6, 6.07) is 19.2.